The van der Waals surface area contributed by atoms with Gasteiger partial charge >= 0.3 is 6.03 Å². The Morgan fingerprint density at radius 1 is 1.04 bits per heavy atom. The second-order valence-electron chi connectivity index (χ2n) is 6.51. The van der Waals surface area contributed by atoms with E-state index >= 15 is 0 Å². The smallest absolute Gasteiger partial charge is 0.319 e. The molecule has 2 aromatic carbocycles. The van der Waals surface area contributed by atoms with E-state index in [0.29, 0.717) is 5.82 Å². The van der Waals surface area contributed by atoms with E-state index in [9.17, 15) is 4.79 Å². The zero-order valence-electron chi connectivity index (χ0n) is 15.9. The third kappa shape index (κ3) is 4.91. The molecular weight excluding hydrogens is 336 g/mol. The SMILES string of the molecule is CCc1ccc(C(C)NC(=O)Nc2ccc(-c3nccc(C)n3)cc2)cc1. The van der Waals surface area contributed by atoms with Crippen molar-refractivity contribution < 1.29 is 4.79 Å². The van der Waals surface area contributed by atoms with Crippen molar-refractivity contribution >= 4 is 11.7 Å². The molecule has 1 heterocycles. The van der Waals surface area contributed by atoms with E-state index in [1.165, 1.54) is 5.56 Å². The summed E-state index contributed by atoms with van der Waals surface area (Å²) < 4.78 is 0. The average molecular weight is 360 g/mol. The van der Waals surface area contributed by atoms with Crippen LogP contribution >= 0.6 is 0 Å². The van der Waals surface area contributed by atoms with Crippen LogP contribution in [0.4, 0.5) is 10.5 Å². The van der Waals surface area contributed by atoms with Gasteiger partial charge in [0.05, 0.1) is 6.04 Å². The van der Waals surface area contributed by atoms with Crippen LogP contribution in [0.3, 0.4) is 0 Å². The third-order valence-corrected chi connectivity index (χ3v) is 4.43. The Morgan fingerprint density at radius 2 is 1.74 bits per heavy atom. The van der Waals surface area contributed by atoms with Crippen molar-refractivity contribution in [3.63, 3.8) is 0 Å². The molecule has 1 unspecified atom stereocenters. The van der Waals surface area contributed by atoms with Crippen LogP contribution < -0.4 is 10.6 Å². The topological polar surface area (TPSA) is 66.9 Å². The number of carbonyl (C=O) groups is 1. The Morgan fingerprint density at radius 3 is 2.37 bits per heavy atom. The number of urea groups is 1. The molecule has 3 aromatic rings. The molecule has 1 atom stereocenters. The fourth-order valence-electron chi connectivity index (χ4n) is 2.78. The van der Waals surface area contributed by atoms with E-state index in [0.717, 1.165) is 28.9 Å². The Kier molecular flexibility index (Phi) is 5.81. The van der Waals surface area contributed by atoms with Gasteiger partial charge in [0.15, 0.2) is 5.82 Å². The lowest BCUT2D eigenvalue weighted by Crippen LogP contribution is -2.31. The number of carbonyl (C=O) groups excluding carboxylic acids is 1. The number of benzene rings is 2. The van der Waals surface area contributed by atoms with Gasteiger partial charge in [-0.15, -0.1) is 0 Å². The number of amides is 2. The molecule has 0 spiro atoms. The molecule has 2 N–H and O–H groups in total. The van der Waals surface area contributed by atoms with Gasteiger partial charge in [0.25, 0.3) is 0 Å². The highest BCUT2D eigenvalue weighted by Crippen LogP contribution is 2.18. The number of aromatic nitrogens is 2. The Hall–Kier alpha value is -3.21. The van der Waals surface area contributed by atoms with Crippen molar-refractivity contribution in [1.82, 2.24) is 15.3 Å². The molecule has 1 aromatic heterocycles. The molecule has 0 radical (unpaired) electrons. The fourth-order valence-corrected chi connectivity index (χ4v) is 2.78. The van der Waals surface area contributed by atoms with E-state index < -0.39 is 0 Å². The van der Waals surface area contributed by atoms with Gasteiger partial charge in [-0.05, 0) is 61.7 Å². The monoisotopic (exact) mass is 360 g/mol. The molecule has 3 rings (SSSR count). The fraction of sp³-hybridized carbons (Fsp3) is 0.227. The predicted molar refractivity (Wildman–Crippen MR) is 109 cm³/mol. The molecule has 27 heavy (non-hydrogen) atoms. The van der Waals surface area contributed by atoms with Crippen molar-refractivity contribution in [2.45, 2.75) is 33.2 Å². The Labute approximate surface area is 159 Å². The van der Waals surface area contributed by atoms with E-state index in [2.05, 4.69) is 51.8 Å². The quantitative estimate of drug-likeness (QED) is 0.680. The van der Waals surface area contributed by atoms with Gasteiger partial charge in [-0.3, -0.25) is 0 Å². The van der Waals surface area contributed by atoms with Crippen LogP contribution in [0, 0.1) is 6.92 Å². The summed E-state index contributed by atoms with van der Waals surface area (Å²) in [6.45, 7) is 6.03. The van der Waals surface area contributed by atoms with Crippen LogP contribution in [0.2, 0.25) is 0 Å². The number of nitrogens with zero attached hydrogens (tertiary/aromatic N) is 2. The molecule has 0 aliphatic rings. The van der Waals surface area contributed by atoms with Crippen molar-refractivity contribution in [3.05, 3.63) is 77.6 Å². The summed E-state index contributed by atoms with van der Waals surface area (Å²) in [7, 11) is 0. The number of aryl methyl sites for hydroxylation is 2. The summed E-state index contributed by atoms with van der Waals surface area (Å²) in [6.07, 6.45) is 2.75. The highest BCUT2D eigenvalue weighted by atomic mass is 16.2. The number of rotatable bonds is 5. The summed E-state index contributed by atoms with van der Waals surface area (Å²) >= 11 is 0. The molecule has 5 nitrogen and oxygen atoms in total. The van der Waals surface area contributed by atoms with Crippen LogP contribution in [0.15, 0.2) is 60.8 Å². The standard InChI is InChI=1S/C22H24N4O/c1-4-17-5-7-18(8-6-17)16(3)25-22(27)26-20-11-9-19(10-12-20)21-23-14-13-15(2)24-21/h5-14,16H,4H2,1-3H3,(H2,25,26,27). The molecule has 0 saturated heterocycles. The number of anilines is 1. The normalized spacial score (nSPS) is 11.7. The lowest BCUT2D eigenvalue weighted by Gasteiger charge is -2.15. The van der Waals surface area contributed by atoms with Crippen molar-refractivity contribution in [1.29, 1.82) is 0 Å². The summed E-state index contributed by atoms with van der Waals surface area (Å²) in [5.74, 6) is 0.676. The van der Waals surface area contributed by atoms with Crippen LogP contribution in [0.25, 0.3) is 11.4 Å². The van der Waals surface area contributed by atoms with Gasteiger partial charge in [0, 0.05) is 23.1 Å². The van der Waals surface area contributed by atoms with Gasteiger partial charge in [-0.1, -0.05) is 31.2 Å². The highest BCUT2D eigenvalue weighted by Gasteiger charge is 2.10. The van der Waals surface area contributed by atoms with Gasteiger partial charge < -0.3 is 10.6 Å². The van der Waals surface area contributed by atoms with E-state index in [1.807, 2.05) is 44.2 Å². The van der Waals surface area contributed by atoms with E-state index in [1.54, 1.807) is 6.20 Å². The molecule has 0 saturated carbocycles. The Bertz CT molecular complexity index is 904. The molecule has 0 fully saturated rings. The van der Waals surface area contributed by atoms with Gasteiger partial charge in [-0.25, -0.2) is 14.8 Å². The summed E-state index contributed by atoms with van der Waals surface area (Å²) in [6, 6.07) is 17.4. The van der Waals surface area contributed by atoms with Crippen LogP contribution in [0.5, 0.6) is 0 Å². The van der Waals surface area contributed by atoms with Crippen LogP contribution in [0.1, 0.15) is 36.7 Å². The maximum absolute atomic E-state index is 12.3. The lowest BCUT2D eigenvalue weighted by molar-refractivity contribution is 0.249. The molecular formula is C22H24N4O. The zero-order valence-corrected chi connectivity index (χ0v) is 15.9. The second-order valence-corrected chi connectivity index (χ2v) is 6.51. The maximum Gasteiger partial charge on any atom is 0.319 e. The lowest BCUT2D eigenvalue weighted by atomic mass is 10.1. The van der Waals surface area contributed by atoms with E-state index in [4.69, 9.17) is 0 Å². The third-order valence-electron chi connectivity index (χ3n) is 4.43. The van der Waals surface area contributed by atoms with E-state index in [-0.39, 0.29) is 12.1 Å². The molecule has 0 aliphatic heterocycles. The first-order chi connectivity index (χ1) is 13.0. The number of hydrogen-bond acceptors (Lipinski definition) is 3. The van der Waals surface area contributed by atoms with Crippen LogP contribution in [-0.2, 0) is 6.42 Å². The summed E-state index contributed by atoms with van der Waals surface area (Å²) in [5.41, 5.74) is 4.91. The van der Waals surface area contributed by atoms with Crippen molar-refractivity contribution in [2.75, 3.05) is 5.32 Å². The average Bonchev–Trinajstić information content (AvgIpc) is 2.68. The first-order valence-corrected chi connectivity index (χ1v) is 9.11. The van der Waals surface area contributed by atoms with Gasteiger partial charge in [0.2, 0.25) is 0 Å². The number of hydrogen-bond donors (Lipinski definition) is 2. The van der Waals surface area contributed by atoms with Gasteiger partial charge in [-0.2, -0.15) is 0 Å². The summed E-state index contributed by atoms with van der Waals surface area (Å²) in [5, 5.41) is 5.83. The van der Waals surface area contributed by atoms with Crippen molar-refractivity contribution in [3.8, 4) is 11.4 Å². The largest absolute Gasteiger partial charge is 0.331 e. The highest BCUT2D eigenvalue weighted by molar-refractivity contribution is 5.89. The minimum absolute atomic E-state index is 0.0733. The Balaban J connectivity index is 1.60. The maximum atomic E-state index is 12.3. The predicted octanol–water partition coefficient (Wildman–Crippen LogP) is 4.90. The van der Waals surface area contributed by atoms with Crippen LogP contribution in [-0.4, -0.2) is 16.0 Å². The molecule has 0 aliphatic carbocycles. The molecule has 5 heteroatoms. The summed E-state index contributed by atoms with van der Waals surface area (Å²) in [4.78, 5) is 21.0. The zero-order chi connectivity index (χ0) is 19.2. The minimum atomic E-state index is -0.235. The molecule has 2 amide bonds. The van der Waals surface area contributed by atoms with Gasteiger partial charge in [0.1, 0.15) is 0 Å². The molecule has 0 bridgehead atoms. The van der Waals surface area contributed by atoms with Crippen molar-refractivity contribution in [2.24, 2.45) is 0 Å². The second kappa shape index (κ2) is 8.45. The minimum Gasteiger partial charge on any atom is -0.331 e. The number of nitrogens with one attached hydrogen (secondary N) is 2. The first kappa shape index (κ1) is 18.6. The first-order valence-electron chi connectivity index (χ1n) is 9.11. The molecule has 138 valence electrons.